The van der Waals surface area contributed by atoms with Crippen LogP contribution in [0.25, 0.3) is 21.3 Å². The minimum Gasteiger partial charge on any atom is -0.357 e. The predicted octanol–water partition coefficient (Wildman–Crippen LogP) is 5.82. The number of alkyl halides is 2. The quantitative estimate of drug-likeness (QED) is 0.271. The van der Waals surface area contributed by atoms with Crippen LogP contribution < -0.4 is 10.6 Å². The van der Waals surface area contributed by atoms with Crippen molar-refractivity contribution in [2.45, 2.75) is 83.7 Å². The van der Waals surface area contributed by atoms with Gasteiger partial charge in [-0.1, -0.05) is 19.9 Å². The Hall–Kier alpha value is -2.96. The lowest BCUT2D eigenvalue weighted by Crippen LogP contribution is -2.59. The van der Waals surface area contributed by atoms with Crippen molar-refractivity contribution in [2.24, 2.45) is 7.05 Å². The van der Waals surface area contributed by atoms with E-state index in [0.29, 0.717) is 23.8 Å². The fourth-order valence-electron chi connectivity index (χ4n) is 6.27. The van der Waals surface area contributed by atoms with Gasteiger partial charge in [0.2, 0.25) is 0 Å². The number of anilines is 1. The SMILES string of the molecule is CC[C@H]1CN(C(C)c2ccc3cc(C(F)F)sc3n2)[C@H](CC)CN1c1nc(=O)n(C)c2cn(C3CCCCO3)nc12. The van der Waals surface area contributed by atoms with Gasteiger partial charge in [-0.3, -0.25) is 9.47 Å². The molecule has 0 saturated carbocycles. The molecule has 9 nitrogen and oxygen atoms in total. The van der Waals surface area contributed by atoms with E-state index in [-0.39, 0.29) is 34.9 Å². The molecule has 0 amide bonds. The summed E-state index contributed by atoms with van der Waals surface area (Å²) in [5, 5.41) is 5.68. The highest BCUT2D eigenvalue weighted by Crippen LogP contribution is 2.36. The maximum Gasteiger partial charge on any atom is 0.349 e. The minimum atomic E-state index is -2.49. The summed E-state index contributed by atoms with van der Waals surface area (Å²) in [4.78, 5) is 27.8. The molecule has 2 unspecified atom stereocenters. The molecule has 0 spiro atoms. The first-order chi connectivity index (χ1) is 19.8. The molecule has 220 valence electrons. The molecule has 0 radical (unpaired) electrons. The molecule has 41 heavy (non-hydrogen) atoms. The Morgan fingerprint density at radius 2 is 1.93 bits per heavy atom. The third kappa shape index (κ3) is 5.14. The Kier molecular flexibility index (Phi) is 7.82. The highest BCUT2D eigenvalue weighted by Gasteiger charge is 2.37. The standard InChI is InChI=1S/C29H37F2N7O2S/c1-5-19-15-37(27-25-22(35(4)29(39)33-27)16-38(34-25)24-9-7-8-12-40-24)20(6-2)14-36(19)17(3)21-11-10-18-13-23(26(30)31)41-28(18)32-21/h10-11,13,16-17,19-20,24,26H,5-9,12,14-15H2,1-4H3/t17?,19-,20+,24?/m1/s1. The number of pyridine rings is 1. The van der Waals surface area contributed by atoms with Gasteiger partial charge in [0.05, 0.1) is 22.3 Å². The summed E-state index contributed by atoms with van der Waals surface area (Å²) >= 11 is 1.06. The van der Waals surface area contributed by atoms with Crippen LogP contribution in [-0.2, 0) is 11.8 Å². The summed E-state index contributed by atoms with van der Waals surface area (Å²) in [7, 11) is 1.74. The molecule has 0 aliphatic carbocycles. The van der Waals surface area contributed by atoms with E-state index in [1.165, 1.54) is 6.07 Å². The van der Waals surface area contributed by atoms with Gasteiger partial charge >= 0.3 is 5.69 Å². The maximum atomic E-state index is 13.3. The summed E-state index contributed by atoms with van der Waals surface area (Å²) in [5.41, 5.74) is 2.05. The van der Waals surface area contributed by atoms with Gasteiger partial charge in [-0.05, 0) is 51.2 Å². The smallest absolute Gasteiger partial charge is 0.349 e. The van der Waals surface area contributed by atoms with Crippen LogP contribution in [0.3, 0.4) is 0 Å². The first-order valence-electron chi connectivity index (χ1n) is 14.6. The number of rotatable bonds is 7. The Morgan fingerprint density at radius 1 is 1.12 bits per heavy atom. The van der Waals surface area contributed by atoms with Gasteiger partial charge < -0.3 is 9.64 Å². The van der Waals surface area contributed by atoms with Gasteiger partial charge in [-0.15, -0.1) is 11.3 Å². The molecule has 0 bridgehead atoms. The van der Waals surface area contributed by atoms with Crippen LogP contribution in [-0.4, -0.2) is 61.0 Å². The zero-order chi connectivity index (χ0) is 28.8. The van der Waals surface area contributed by atoms with E-state index in [4.69, 9.17) is 14.8 Å². The third-order valence-corrected chi connectivity index (χ3v) is 9.79. The molecule has 4 atom stereocenters. The lowest BCUT2D eigenvalue weighted by atomic mass is 9.98. The number of ether oxygens (including phenoxy) is 1. The molecular formula is C29H37F2N7O2S. The fourth-order valence-corrected chi connectivity index (χ4v) is 7.16. The number of nitrogens with zero attached hydrogens (tertiary/aromatic N) is 7. The van der Waals surface area contributed by atoms with Gasteiger partial charge in [0.15, 0.2) is 11.3 Å². The number of fused-ring (bicyclic) bond motifs is 2. The van der Waals surface area contributed by atoms with Gasteiger partial charge in [-0.2, -0.15) is 10.1 Å². The van der Waals surface area contributed by atoms with Crippen LogP contribution in [0.2, 0.25) is 0 Å². The molecule has 4 aromatic rings. The number of aromatic nitrogens is 5. The first kappa shape index (κ1) is 28.2. The second-order valence-corrected chi connectivity index (χ2v) is 12.2. The largest absolute Gasteiger partial charge is 0.357 e. The maximum absolute atomic E-state index is 13.3. The van der Waals surface area contributed by atoms with Crippen molar-refractivity contribution < 1.29 is 13.5 Å². The molecule has 6 rings (SSSR count). The first-order valence-corrected chi connectivity index (χ1v) is 15.4. The minimum absolute atomic E-state index is 0.00284. The second-order valence-electron chi connectivity index (χ2n) is 11.2. The van der Waals surface area contributed by atoms with Gasteiger partial charge in [0.1, 0.15) is 11.1 Å². The van der Waals surface area contributed by atoms with E-state index < -0.39 is 6.43 Å². The van der Waals surface area contributed by atoms with Crippen molar-refractivity contribution in [1.82, 2.24) is 29.2 Å². The average Bonchev–Trinajstić information content (AvgIpc) is 3.64. The van der Waals surface area contributed by atoms with E-state index >= 15 is 0 Å². The average molecular weight is 586 g/mol. The molecule has 2 aliphatic heterocycles. The lowest BCUT2D eigenvalue weighted by Gasteiger charge is -2.48. The van der Waals surface area contributed by atoms with Crippen LogP contribution in [0.1, 0.15) is 82.1 Å². The Bertz CT molecular complexity index is 1600. The molecule has 0 N–H and O–H groups in total. The van der Waals surface area contributed by atoms with Crippen molar-refractivity contribution in [1.29, 1.82) is 0 Å². The van der Waals surface area contributed by atoms with Gasteiger partial charge in [0, 0.05) is 50.3 Å². The fraction of sp³-hybridized carbons (Fsp3) is 0.586. The van der Waals surface area contributed by atoms with E-state index in [9.17, 15) is 13.6 Å². The monoisotopic (exact) mass is 585 g/mol. The molecule has 2 aliphatic rings. The molecule has 4 aromatic heterocycles. The molecule has 6 heterocycles. The number of aryl methyl sites for hydroxylation is 1. The Labute approximate surface area is 241 Å². The molecular weight excluding hydrogens is 548 g/mol. The Balaban J connectivity index is 1.32. The Morgan fingerprint density at radius 3 is 2.63 bits per heavy atom. The zero-order valence-electron chi connectivity index (χ0n) is 24.0. The molecule has 0 aromatic carbocycles. The van der Waals surface area contributed by atoms with Gasteiger partial charge in [-0.25, -0.2) is 23.2 Å². The summed E-state index contributed by atoms with van der Waals surface area (Å²) < 4.78 is 36.0. The second kappa shape index (κ2) is 11.4. The van der Waals surface area contributed by atoms with E-state index in [1.54, 1.807) is 11.6 Å². The topological polar surface area (TPSA) is 81.3 Å². The van der Waals surface area contributed by atoms with Crippen LogP contribution in [0.15, 0.2) is 29.2 Å². The third-order valence-electron chi connectivity index (χ3n) is 8.74. The molecule has 2 saturated heterocycles. The number of piperazine rings is 1. The van der Waals surface area contributed by atoms with E-state index in [0.717, 1.165) is 72.1 Å². The van der Waals surface area contributed by atoms with Crippen LogP contribution in [0.4, 0.5) is 14.6 Å². The van der Waals surface area contributed by atoms with Crippen LogP contribution in [0.5, 0.6) is 0 Å². The number of hydrogen-bond acceptors (Lipinski definition) is 8. The number of hydrogen-bond donors (Lipinski definition) is 0. The summed E-state index contributed by atoms with van der Waals surface area (Å²) in [6.07, 6.45) is 4.08. The highest BCUT2D eigenvalue weighted by molar-refractivity contribution is 7.18. The zero-order valence-corrected chi connectivity index (χ0v) is 24.8. The van der Waals surface area contributed by atoms with Crippen molar-refractivity contribution in [3.05, 3.63) is 45.5 Å². The number of halogens is 2. The molecule has 2 fully saturated rings. The lowest BCUT2D eigenvalue weighted by molar-refractivity contribution is -0.0390. The normalized spacial score (nSPS) is 23.2. The van der Waals surface area contributed by atoms with Crippen molar-refractivity contribution in [3.63, 3.8) is 0 Å². The van der Waals surface area contributed by atoms with Crippen molar-refractivity contribution in [3.8, 4) is 0 Å². The summed E-state index contributed by atoms with van der Waals surface area (Å²) in [5.74, 6) is 0.632. The summed E-state index contributed by atoms with van der Waals surface area (Å²) in [6.45, 7) is 8.62. The highest BCUT2D eigenvalue weighted by atomic mass is 32.1. The summed E-state index contributed by atoms with van der Waals surface area (Å²) in [6, 6.07) is 5.67. The van der Waals surface area contributed by atoms with Crippen molar-refractivity contribution >= 4 is 38.4 Å². The van der Waals surface area contributed by atoms with E-state index in [1.807, 2.05) is 23.0 Å². The predicted molar refractivity (Wildman–Crippen MR) is 157 cm³/mol. The van der Waals surface area contributed by atoms with E-state index in [2.05, 4.69) is 35.6 Å². The van der Waals surface area contributed by atoms with Crippen LogP contribution >= 0.6 is 11.3 Å². The number of thiophene rings is 1. The van der Waals surface area contributed by atoms with Crippen LogP contribution in [0, 0.1) is 0 Å². The van der Waals surface area contributed by atoms with Gasteiger partial charge in [0.25, 0.3) is 6.43 Å². The molecule has 12 heteroatoms. The van der Waals surface area contributed by atoms with Crippen molar-refractivity contribution in [2.75, 3.05) is 24.6 Å².